The van der Waals surface area contributed by atoms with E-state index in [-0.39, 0.29) is 12.2 Å². The Morgan fingerprint density at radius 3 is 1.89 bits per heavy atom. The molecule has 1 rings (SSSR count). The highest BCUT2D eigenvalue weighted by Crippen LogP contribution is 2.38. The van der Waals surface area contributed by atoms with Crippen LogP contribution in [0.15, 0.2) is 12.1 Å². The Bertz CT molecular complexity index is 487. The van der Waals surface area contributed by atoms with Gasteiger partial charge in [-0.3, -0.25) is 0 Å². The highest BCUT2D eigenvalue weighted by Gasteiger charge is 2.14. The average Bonchev–Trinajstić information content (AvgIpc) is 2.33. The molecule has 0 bridgehead atoms. The second kappa shape index (κ2) is 6.15. The van der Waals surface area contributed by atoms with Gasteiger partial charge < -0.3 is 14.2 Å². The molecule has 0 aliphatic carbocycles. The summed E-state index contributed by atoms with van der Waals surface area (Å²) >= 11 is 0. The summed E-state index contributed by atoms with van der Waals surface area (Å²) in [7, 11) is 6.16. The SMILES string of the molecule is COc1cc(CCS(=O)(=O)Cl)cc(OC)c1OC. The van der Waals surface area contributed by atoms with Crippen LogP contribution in [0.2, 0.25) is 0 Å². The third-order valence-corrected chi connectivity index (χ3v) is 3.51. The van der Waals surface area contributed by atoms with Crippen molar-refractivity contribution in [2.24, 2.45) is 0 Å². The molecule has 0 atom stereocenters. The van der Waals surface area contributed by atoms with E-state index in [1.54, 1.807) is 12.1 Å². The van der Waals surface area contributed by atoms with Gasteiger partial charge in [0, 0.05) is 10.7 Å². The van der Waals surface area contributed by atoms with Gasteiger partial charge >= 0.3 is 0 Å². The molecule has 0 aliphatic rings. The van der Waals surface area contributed by atoms with Gasteiger partial charge in [-0.1, -0.05) is 0 Å². The van der Waals surface area contributed by atoms with E-state index in [9.17, 15) is 8.42 Å². The van der Waals surface area contributed by atoms with Crippen LogP contribution in [-0.2, 0) is 15.5 Å². The molecule has 0 N–H and O–H groups in total. The van der Waals surface area contributed by atoms with Gasteiger partial charge in [-0.05, 0) is 24.1 Å². The third kappa shape index (κ3) is 3.96. The monoisotopic (exact) mass is 294 g/mol. The summed E-state index contributed by atoms with van der Waals surface area (Å²) in [5, 5.41) is 0. The van der Waals surface area contributed by atoms with E-state index in [2.05, 4.69) is 0 Å². The van der Waals surface area contributed by atoms with Gasteiger partial charge in [0.15, 0.2) is 11.5 Å². The predicted molar refractivity (Wildman–Crippen MR) is 69.4 cm³/mol. The Labute approximate surface area is 111 Å². The lowest BCUT2D eigenvalue weighted by Crippen LogP contribution is -2.03. The van der Waals surface area contributed by atoms with Gasteiger partial charge in [-0.25, -0.2) is 8.42 Å². The molecule has 18 heavy (non-hydrogen) atoms. The summed E-state index contributed by atoms with van der Waals surface area (Å²) < 4.78 is 37.3. The molecular formula is C11H15ClO5S. The van der Waals surface area contributed by atoms with Crippen LogP contribution in [0.1, 0.15) is 5.56 Å². The second-order valence-corrected chi connectivity index (χ2v) is 6.42. The molecule has 0 aliphatic heterocycles. The first-order valence-corrected chi connectivity index (χ1v) is 7.60. The fraction of sp³-hybridized carbons (Fsp3) is 0.455. The number of rotatable bonds is 6. The van der Waals surface area contributed by atoms with E-state index >= 15 is 0 Å². The zero-order valence-electron chi connectivity index (χ0n) is 10.4. The zero-order valence-corrected chi connectivity index (χ0v) is 12.0. The lowest BCUT2D eigenvalue weighted by atomic mass is 10.1. The van der Waals surface area contributed by atoms with Crippen LogP contribution in [-0.4, -0.2) is 35.5 Å². The van der Waals surface area contributed by atoms with Crippen LogP contribution < -0.4 is 14.2 Å². The maximum atomic E-state index is 10.9. The summed E-state index contributed by atoms with van der Waals surface area (Å²) in [6.07, 6.45) is 0.280. The molecule has 5 nitrogen and oxygen atoms in total. The van der Waals surface area contributed by atoms with Crippen molar-refractivity contribution in [2.45, 2.75) is 6.42 Å². The molecule has 0 saturated carbocycles. The summed E-state index contributed by atoms with van der Waals surface area (Å²) in [5.74, 6) is 1.29. The Balaban J connectivity index is 3.07. The fourth-order valence-electron chi connectivity index (χ4n) is 1.52. The molecule has 0 saturated heterocycles. The van der Waals surface area contributed by atoms with Gasteiger partial charge in [0.2, 0.25) is 14.8 Å². The molecule has 0 unspecified atom stereocenters. The Kier molecular flexibility index (Phi) is 5.10. The largest absolute Gasteiger partial charge is 0.493 e. The van der Waals surface area contributed by atoms with Crippen LogP contribution in [0.3, 0.4) is 0 Å². The molecule has 0 aromatic heterocycles. The first-order valence-electron chi connectivity index (χ1n) is 5.12. The lowest BCUT2D eigenvalue weighted by molar-refractivity contribution is 0.324. The standard InChI is InChI=1S/C11H15ClO5S/c1-15-9-6-8(4-5-18(12,13)14)7-10(16-2)11(9)17-3/h6-7H,4-5H2,1-3H3. The smallest absolute Gasteiger partial charge is 0.232 e. The minimum Gasteiger partial charge on any atom is -0.493 e. The van der Waals surface area contributed by atoms with Gasteiger partial charge in [0.05, 0.1) is 27.1 Å². The predicted octanol–water partition coefficient (Wildman–Crippen LogP) is 1.82. The molecule has 0 radical (unpaired) electrons. The van der Waals surface area contributed by atoms with Crippen molar-refractivity contribution >= 4 is 19.7 Å². The van der Waals surface area contributed by atoms with Gasteiger partial charge in [-0.15, -0.1) is 0 Å². The maximum absolute atomic E-state index is 10.9. The van der Waals surface area contributed by atoms with Crippen LogP contribution in [0, 0.1) is 0 Å². The molecule has 0 heterocycles. The summed E-state index contributed by atoms with van der Waals surface area (Å²) in [6, 6.07) is 3.40. The van der Waals surface area contributed by atoms with Gasteiger partial charge in [-0.2, -0.15) is 0 Å². The van der Waals surface area contributed by atoms with E-state index in [1.807, 2.05) is 0 Å². The Morgan fingerprint density at radius 1 is 1.06 bits per heavy atom. The topological polar surface area (TPSA) is 61.8 Å². The van der Waals surface area contributed by atoms with Crippen molar-refractivity contribution in [3.05, 3.63) is 17.7 Å². The van der Waals surface area contributed by atoms with Crippen LogP contribution in [0.25, 0.3) is 0 Å². The fourth-order valence-corrected chi connectivity index (χ4v) is 2.23. The van der Waals surface area contributed by atoms with E-state index in [0.29, 0.717) is 17.2 Å². The minimum atomic E-state index is -3.52. The number of aryl methyl sites for hydroxylation is 1. The van der Waals surface area contributed by atoms with Crippen molar-refractivity contribution in [2.75, 3.05) is 27.1 Å². The molecule has 0 spiro atoms. The highest BCUT2D eigenvalue weighted by molar-refractivity contribution is 8.13. The lowest BCUT2D eigenvalue weighted by Gasteiger charge is -2.13. The molecule has 1 aromatic rings. The quantitative estimate of drug-likeness (QED) is 0.749. The number of halogens is 1. The van der Waals surface area contributed by atoms with Crippen LogP contribution in [0.5, 0.6) is 17.2 Å². The van der Waals surface area contributed by atoms with Gasteiger partial charge in [0.25, 0.3) is 0 Å². The van der Waals surface area contributed by atoms with Crippen molar-refractivity contribution in [1.29, 1.82) is 0 Å². The van der Waals surface area contributed by atoms with E-state index in [0.717, 1.165) is 5.56 Å². The highest BCUT2D eigenvalue weighted by atomic mass is 35.7. The molecule has 0 fully saturated rings. The third-order valence-electron chi connectivity index (χ3n) is 2.36. The first kappa shape index (κ1) is 14.9. The number of benzene rings is 1. The zero-order chi connectivity index (χ0) is 13.8. The first-order chi connectivity index (χ1) is 8.41. The van der Waals surface area contributed by atoms with Crippen molar-refractivity contribution in [3.63, 3.8) is 0 Å². The van der Waals surface area contributed by atoms with Crippen LogP contribution >= 0.6 is 10.7 Å². The Morgan fingerprint density at radius 2 is 1.56 bits per heavy atom. The minimum absolute atomic E-state index is 0.146. The van der Waals surface area contributed by atoms with Crippen molar-refractivity contribution in [3.8, 4) is 17.2 Å². The molecule has 102 valence electrons. The summed E-state index contributed by atoms with van der Waals surface area (Å²) in [6.45, 7) is 0. The maximum Gasteiger partial charge on any atom is 0.232 e. The number of hydrogen-bond donors (Lipinski definition) is 0. The Hall–Kier alpha value is -1.14. The normalized spacial score (nSPS) is 11.1. The summed E-state index contributed by atoms with van der Waals surface area (Å²) in [4.78, 5) is 0. The average molecular weight is 295 g/mol. The number of ether oxygens (including phenoxy) is 3. The second-order valence-electron chi connectivity index (χ2n) is 3.53. The molecule has 0 amide bonds. The van der Waals surface area contributed by atoms with Crippen molar-refractivity contribution in [1.82, 2.24) is 0 Å². The number of methoxy groups -OCH3 is 3. The number of hydrogen-bond acceptors (Lipinski definition) is 5. The van der Waals surface area contributed by atoms with E-state index in [4.69, 9.17) is 24.9 Å². The summed E-state index contributed by atoms with van der Waals surface area (Å²) in [5.41, 5.74) is 0.744. The van der Waals surface area contributed by atoms with E-state index < -0.39 is 9.05 Å². The van der Waals surface area contributed by atoms with Crippen LogP contribution in [0.4, 0.5) is 0 Å². The molecule has 1 aromatic carbocycles. The van der Waals surface area contributed by atoms with Crippen molar-refractivity contribution < 1.29 is 22.6 Å². The molecule has 7 heteroatoms. The molecular weight excluding hydrogens is 280 g/mol. The van der Waals surface area contributed by atoms with E-state index in [1.165, 1.54) is 21.3 Å². The van der Waals surface area contributed by atoms with Gasteiger partial charge in [0.1, 0.15) is 0 Å².